The second kappa shape index (κ2) is 9.46. The highest BCUT2D eigenvalue weighted by Crippen LogP contribution is 2.46. The largest absolute Gasteiger partial charge is 0.492 e. The number of benzene rings is 2. The lowest BCUT2D eigenvalue weighted by atomic mass is 10.00. The molecule has 2 aromatic rings. The third-order valence-electron chi connectivity index (χ3n) is 5.80. The van der Waals surface area contributed by atoms with Gasteiger partial charge in [0, 0.05) is 30.4 Å². The minimum absolute atomic E-state index is 0.0928. The van der Waals surface area contributed by atoms with Gasteiger partial charge in [0.1, 0.15) is 0 Å². The minimum Gasteiger partial charge on any atom is -0.492 e. The van der Waals surface area contributed by atoms with E-state index in [2.05, 4.69) is 5.32 Å². The molecule has 0 atom stereocenters. The zero-order valence-electron chi connectivity index (χ0n) is 19.5. The third kappa shape index (κ3) is 4.28. The van der Waals surface area contributed by atoms with Crippen molar-refractivity contribution < 1.29 is 33.3 Å². The van der Waals surface area contributed by atoms with E-state index in [4.69, 9.17) is 18.9 Å². The van der Waals surface area contributed by atoms with Crippen LogP contribution in [0, 0.1) is 6.92 Å². The van der Waals surface area contributed by atoms with E-state index in [-0.39, 0.29) is 19.2 Å². The predicted molar refractivity (Wildman–Crippen MR) is 124 cm³/mol. The fraction of sp³-hybridized carbons (Fsp3) is 0.320. The number of nitrogens with one attached hydrogen (secondary N) is 1. The second-order valence-corrected chi connectivity index (χ2v) is 7.95. The molecular weight excluding hydrogens is 440 g/mol. The fourth-order valence-corrected chi connectivity index (χ4v) is 3.96. The van der Waals surface area contributed by atoms with Gasteiger partial charge in [-0.1, -0.05) is 12.1 Å². The van der Waals surface area contributed by atoms with Crippen LogP contribution in [0.2, 0.25) is 0 Å². The second-order valence-electron chi connectivity index (χ2n) is 7.95. The van der Waals surface area contributed by atoms with Crippen LogP contribution in [0.1, 0.15) is 34.0 Å². The highest BCUT2D eigenvalue weighted by atomic mass is 16.7. The summed E-state index contributed by atoms with van der Waals surface area (Å²) in [6.45, 7) is 4.21. The molecule has 0 aliphatic carbocycles. The number of rotatable bonds is 5. The average Bonchev–Trinajstić information content (AvgIpc) is 3.22. The Labute approximate surface area is 197 Å². The molecule has 0 fully saturated rings. The van der Waals surface area contributed by atoms with Crippen molar-refractivity contribution in [3.63, 3.8) is 0 Å². The standard InChI is InChI=1S/C25H26N2O7/c1-5-32-25(30)24(29)26-18-10-16(7-6-14(18)2)21(28)19-12-17-15(8-9-27(19)3)11-20-23(22(17)31-4)34-13-33-20/h6-7,10-12H,5,8-9,13H2,1-4H3,(H,26,29). The van der Waals surface area contributed by atoms with Crippen LogP contribution in [-0.4, -0.2) is 56.7 Å². The van der Waals surface area contributed by atoms with Crippen molar-refractivity contribution in [1.82, 2.24) is 4.90 Å². The number of hydrogen-bond acceptors (Lipinski definition) is 8. The maximum absolute atomic E-state index is 13.6. The highest BCUT2D eigenvalue weighted by molar-refractivity contribution is 6.37. The van der Waals surface area contributed by atoms with Crippen LogP contribution in [-0.2, 0) is 20.7 Å². The first-order valence-corrected chi connectivity index (χ1v) is 10.9. The Balaban J connectivity index is 1.70. The number of methoxy groups -OCH3 is 1. The summed E-state index contributed by atoms with van der Waals surface area (Å²) in [4.78, 5) is 39.3. The summed E-state index contributed by atoms with van der Waals surface area (Å²) in [7, 11) is 3.40. The van der Waals surface area contributed by atoms with Crippen LogP contribution in [0.4, 0.5) is 5.69 Å². The van der Waals surface area contributed by atoms with E-state index in [9.17, 15) is 14.4 Å². The van der Waals surface area contributed by atoms with Gasteiger partial charge in [-0.2, -0.15) is 0 Å². The van der Waals surface area contributed by atoms with Crippen molar-refractivity contribution >= 4 is 29.4 Å². The van der Waals surface area contributed by atoms with Crippen molar-refractivity contribution in [2.24, 2.45) is 0 Å². The van der Waals surface area contributed by atoms with Gasteiger partial charge in [-0.15, -0.1) is 0 Å². The number of nitrogens with zero attached hydrogens (tertiary/aromatic N) is 1. The third-order valence-corrected chi connectivity index (χ3v) is 5.80. The number of amides is 1. The zero-order valence-corrected chi connectivity index (χ0v) is 19.5. The zero-order chi connectivity index (χ0) is 24.4. The Bertz CT molecular complexity index is 1200. The molecule has 0 bridgehead atoms. The first-order valence-electron chi connectivity index (χ1n) is 10.9. The number of aryl methyl sites for hydroxylation is 1. The van der Waals surface area contributed by atoms with Crippen molar-refractivity contribution in [3.05, 3.63) is 52.2 Å². The van der Waals surface area contributed by atoms with Gasteiger partial charge in [-0.25, -0.2) is 4.79 Å². The summed E-state index contributed by atoms with van der Waals surface area (Å²) in [6, 6.07) is 6.89. The van der Waals surface area contributed by atoms with Gasteiger partial charge in [-0.05, 0) is 49.6 Å². The molecule has 2 aliphatic rings. The topological polar surface area (TPSA) is 103 Å². The Morgan fingerprint density at radius 2 is 1.97 bits per heavy atom. The van der Waals surface area contributed by atoms with Gasteiger partial charge >= 0.3 is 11.9 Å². The lowest BCUT2D eigenvalue weighted by molar-refractivity contribution is -0.152. The molecule has 0 radical (unpaired) electrons. The van der Waals surface area contributed by atoms with Gasteiger partial charge in [0.15, 0.2) is 11.5 Å². The molecule has 2 heterocycles. The molecule has 0 spiro atoms. The number of Topliss-reactive ketones (excluding diaryl/α,β-unsaturated/α-hetero) is 1. The molecule has 0 aromatic heterocycles. The Morgan fingerprint density at radius 1 is 1.18 bits per heavy atom. The monoisotopic (exact) mass is 466 g/mol. The van der Waals surface area contributed by atoms with E-state index in [1.165, 1.54) is 0 Å². The van der Waals surface area contributed by atoms with Crippen LogP contribution in [0.5, 0.6) is 17.2 Å². The maximum atomic E-state index is 13.6. The number of fused-ring (bicyclic) bond motifs is 2. The molecule has 9 nitrogen and oxygen atoms in total. The number of allylic oxidation sites excluding steroid dienone is 1. The SMILES string of the molecule is CCOC(=O)C(=O)Nc1cc(C(=O)C2=Cc3c(cc4c(c3OC)OCO4)CCN2C)ccc1C. The van der Waals surface area contributed by atoms with Crippen molar-refractivity contribution in [2.45, 2.75) is 20.3 Å². The molecule has 0 saturated carbocycles. The van der Waals surface area contributed by atoms with Gasteiger partial charge in [0.05, 0.1) is 19.4 Å². The van der Waals surface area contributed by atoms with E-state index >= 15 is 0 Å². The lowest BCUT2D eigenvalue weighted by Gasteiger charge is -2.20. The Morgan fingerprint density at radius 3 is 2.71 bits per heavy atom. The summed E-state index contributed by atoms with van der Waals surface area (Å²) in [5.74, 6) is -0.434. The summed E-state index contributed by atoms with van der Waals surface area (Å²) in [6.07, 6.45) is 2.48. The normalized spacial score (nSPS) is 14.0. The fourth-order valence-electron chi connectivity index (χ4n) is 3.96. The Kier molecular flexibility index (Phi) is 6.45. The molecule has 2 aromatic carbocycles. The number of esters is 1. The highest BCUT2D eigenvalue weighted by Gasteiger charge is 2.28. The predicted octanol–water partition coefficient (Wildman–Crippen LogP) is 2.95. The molecular formula is C25H26N2O7. The number of carbonyl (C=O) groups is 3. The van der Waals surface area contributed by atoms with Gasteiger partial charge in [0.25, 0.3) is 0 Å². The van der Waals surface area contributed by atoms with E-state index in [1.54, 1.807) is 45.2 Å². The molecule has 1 N–H and O–H groups in total. The van der Waals surface area contributed by atoms with E-state index in [0.29, 0.717) is 52.7 Å². The summed E-state index contributed by atoms with van der Waals surface area (Å²) in [5, 5.41) is 2.53. The van der Waals surface area contributed by atoms with Crippen LogP contribution in [0.15, 0.2) is 30.0 Å². The molecule has 0 saturated heterocycles. The molecule has 9 heteroatoms. The Hall–Kier alpha value is -4.01. The van der Waals surface area contributed by atoms with Crippen LogP contribution < -0.4 is 19.5 Å². The lowest BCUT2D eigenvalue weighted by Crippen LogP contribution is -2.26. The van der Waals surface area contributed by atoms with E-state index in [1.807, 2.05) is 18.0 Å². The first-order chi connectivity index (χ1) is 16.3. The average molecular weight is 466 g/mol. The van der Waals surface area contributed by atoms with Crippen LogP contribution in [0.25, 0.3) is 6.08 Å². The molecule has 1 amide bonds. The number of anilines is 1. The van der Waals surface area contributed by atoms with Crippen LogP contribution in [0.3, 0.4) is 0 Å². The van der Waals surface area contributed by atoms with Gasteiger partial charge < -0.3 is 29.2 Å². The molecule has 2 aliphatic heterocycles. The maximum Gasteiger partial charge on any atom is 0.397 e. The smallest absolute Gasteiger partial charge is 0.397 e. The number of carbonyl (C=O) groups excluding carboxylic acids is 3. The first kappa shape index (κ1) is 23.2. The van der Waals surface area contributed by atoms with E-state index in [0.717, 1.165) is 11.1 Å². The summed E-state index contributed by atoms with van der Waals surface area (Å²) >= 11 is 0. The number of ether oxygens (including phenoxy) is 4. The summed E-state index contributed by atoms with van der Waals surface area (Å²) < 4.78 is 21.5. The van der Waals surface area contributed by atoms with Crippen molar-refractivity contribution in [2.75, 3.05) is 39.4 Å². The molecule has 34 heavy (non-hydrogen) atoms. The molecule has 0 unspecified atom stereocenters. The summed E-state index contributed by atoms with van der Waals surface area (Å²) in [5.41, 5.74) is 3.65. The molecule has 178 valence electrons. The number of hydrogen-bond donors (Lipinski definition) is 1. The van der Waals surface area contributed by atoms with Crippen molar-refractivity contribution in [3.8, 4) is 17.2 Å². The van der Waals surface area contributed by atoms with Crippen molar-refractivity contribution in [1.29, 1.82) is 0 Å². The van der Waals surface area contributed by atoms with Gasteiger partial charge in [0.2, 0.25) is 18.3 Å². The minimum atomic E-state index is -0.979. The quantitative estimate of drug-likeness (QED) is 0.408. The number of likely N-dealkylation sites (N-methyl/N-ethyl adjacent to an activating group) is 1. The van der Waals surface area contributed by atoms with Crippen LogP contribution >= 0.6 is 0 Å². The van der Waals surface area contributed by atoms with Gasteiger partial charge in [-0.3, -0.25) is 9.59 Å². The molecule has 4 rings (SSSR count). The van der Waals surface area contributed by atoms with E-state index < -0.39 is 11.9 Å². The number of ketones is 1.